The highest BCUT2D eigenvalue weighted by atomic mass is 127. The molecule has 1 aliphatic rings. The van der Waals surface area contributed by atoms with Crippen LogP contribution in [0.1, 0.15) is 19.3 Å². The van der Waals surface area contributed by atoms with Crippen LogP contribution in [0.3, 0.4) is 0 Å². The lowest BCUT2D eigenvalue weighted by atomic mass is 10.4. The standard InChI is InChI=1S/C12H21N3O.HI/c1-3-7-14-12(13-2)15-8-4-9-16-10-11-5-6-11;/h1,11H,4-10H2,2H3,(H2,13,14,15);1H. The topological polar surface area (TPSA) is 45.7 Å². The highest BCUT2D eigenvalue weighted by molar-refractivity contribution is 14.0. The molecule has 98 valence electrons. The molecule has 0 amide bonds. The van der Waals surface area contributed by atoms with E-state index in [1.54, 1.807) is 7.05 Å². The third-order valence-corrected chi connectivity index (χ3v) is 2.39. The largest absolute Gasteiger partial charge is 0.381 e. The van der Waals surface area contributed by atoms with Gasteiger partial charge in [-0.05, 0) is 25.2 Å². The van der Waals surface area contributed by atoms with E-state index in [2.05, 4.69) is 21.5 Å². The molecule has 2 N–H and O–H groups in total. The second kappa shape index (κ2) is 10.7. The predicted molar refractivity (Wildman–Crippen MR) is 81.8 cm³/mol. The molecule has 0 atom stereocenters. The summed E-state index contributed by atoms with van der Waals surface area (Å²) in [4.78, 5) is 4.04. The molecule has 17 heavy (non-hydrogen) atoms. The summed E-state index contributed by atoms with van der Waals surface area (Å²) in [7, 11) is 1.73. The molecule has 0 bridgehead atoms. The van der Waals surface area contributed by atoms with Gasteiger partial charge in [0.15, 0.2) is 5.96 Å². The summed E-state index contributed by atoms with van der Waals surface area (Å²) in [6, 6.07) is 0. The zero-order valence-electron chi connectivity index (χ0n) is 10.4. The van der Waals surface area contributed by atoms with E-state index >= 15 is 0 Å². The summed E-state index contributed by atoms with van der Waals surface area (Å²) in [5.41, 5.74) is 0. The van der Waals surface area contributed by atoms with Crippen molar-refractivity contribution in [2.45, 2.75) is 19.3 Å². The number of hydrogen-bond acceptors (Lipinski definition) is 2. The molecule has 0 aliphatic heterocycles. The molecule has 0 radical (unpaired) electrons. The van der Waals surface area contributed by atoms with Gasteiger partial charge >= 0.3 is 0 Å². The Morgan fingerprint density at radius 3 is 2.82 bits per heavy atom. The van der Waals surface area contributed by atoms with Gasteiger partial charge in [-0.25, -0.2) is 0 Å². The van der Waals surface area contributed by atoms with Gasteiger partial charge in [0.2, 0.25) is 0 Å². The molecule has 0 saturated heterocycles. The summed E-state index contributed by atoms with van der Waals surface area (Å²) < 4.78 is 5.52. The van der Waals surface area contributed by atoms with Gasteiger partial charge < -0.3 is 15.4 Å². The average molecular weight is 351 g/mol. The van der Waals surface area contributed by atoms with Crippen LogP contribution in [-0.4, -0.2) is 39.3 Å². The van der Waals surface area contributed by atoms with Gasteiger partial charge in [0.05, 0.1) is 6.54 Å². The molecule has 1 rings (SSSR count). The average Bonchev–Trinajstić information content (AvgIpc) is 3.11. The van der Waals surface area contributed by atoms with E-state index in [0.29, 0.717) is 6.54 Å². The van der Waals surface area contributed by atoms with Gasteiger partial charge in [0.25, 0.3) is 0 Å². The maximum absolute atomic E-state index is 5.52. The molecule has 1 aliphatic carbocycles. The van der Waals surface area contributed by atoms with E-state index in [1.807, 2.05) is 0 Å². The Hall–Kier alpha value is -0.480. The van der Waals surface area contributed by atoms with E-state index < -0.39 is 0 Å². The maximum Gasteiger partial charge on any atom is 0.191 e. The summed E-state index contributed by atoms with van der Waals surface area (Å²) >= 11 is 0. The second-order valence-electron chi connectivity index (χ2n) is 3.93. The van der Waals surface area contributed by atoms with Crippen LogP contribution in [-0.2, 0) is 4.74 Å². The van der Waals surface area contributed by atoms with Gasteiger partial charge in [-0.15, -0.1) is 30.4 Å². The van der Waals surface area contributed by atoms with Crippen LogP contribution in [0, 0.1) is 18.3 Å². The summed E-state index contributed by atoms with van der Waals surface area (Å²) in [6.07, 6.45) is 8.83. The lowest BCUT2D eigenvalue weighted by molar-refractivity contribution is 0.123. The van der Waals surface area contributed by atoms with E-state index in [-0.39, 0.29) is 24.0 Å². The molecule has 0 aromatic heterocycles. The Kier molecular flexibility index (Phi) is 10.4. The van der Waals surface area contributed by atoms with Crippen LogP contribution in [0.5, 0.6) is 0 Å². The second-order valence-corrected chi connectivity index (χ2v) is 3.93. The van der Waals surface area contributed by atoms with Crippen LogP contribution < -0.4 is 10.6 Å². The van der Waals surface area contributed by atoms with Gasteiger partial charge in [-0.1, -0.05) is 5.92 Å². The monoisotopic (exact) mass is 351 g/mol. The van der Waals surface area contributed by atoms with Gasteiger partial charge in [0, 0.05) is 26.8 Å². The van der Waals surface area contributed by atoms with E-state index in [0.717, 1.165) is 38.1 Å². The van der Waals surface area contributed by atoms with Crippen LogP contribution in [0.2, 0.25) is 0 Å². The van der Waals surface area contributed by atoms with Crippen LogP contribution >= 0.6 is 24.0 Å². The number of nitrogens with zero attached hydrogens (tertiary/aromatic N) is 1. The van der Waals surface area contributed by atoms with Crippen molar-refractivity contribution in [1.82, 2.24) is 10.6 Å². The van der Waals surface area contributed by atoms with Crippen molar-refractivity contribution >= 4 is 29.9 Å². The number of nitrogens with one attached hydrogen (secondary N) is 2. The number of halogens is 1. The zero-order chi connectivity index (χ0) is 11.6. The fourth-order valence-corrected chi connectivity index (χ4v) is 1.27. The number of aliphatic imine (C=N–C) groups is 1. The van der Waals surface area contributed by atoms with Crippen molar-refractivity contribution in [3.8, 4) is 12.3 Å². The SMILES string of the molecule is C#CCNC(=NC)NCCCOCC1CC1.I. The van der Waals surface area contributed by atoms with Gasteiger partial charge in [-0.3, -0.25) is 4.99 Å². The van der Waals surface area contributed by atoms with Crippen molar-refractivity contribution in [3.05, 3.63) is 0 Å². The molecular weight excluding hydrogens is 329 g/mol. The smallest absolute Gasteiger partial charge is 0.191 e. The normalized spacial score (nSPS) is 14.7. The number of terminal acetylenes is 1. The molecule has 0 aromatic carbocycles. The van der Waals surface area contributed by atoms with E-state index in [1.165, 1.54) is 12.8 Å². The molecule has 1 fully saturated rings. The highest BCUT2D eigenvalue weighted by Gasteiger charge is 2.20. The number of guanidine groups is 1. The van der Waals surface area contributed by atoms with Crippen molar-refractivity contribution < 1.29 is 4.74 Å². The van der Waals surface area contributed by atoms with Crippen LogP contribution in [0.15, 0.2) is 4.99 Å². The first-order valence-corrected chi connectivity index (χ1v) is 5.82. The molecule has 5 heteroatoms. The summed E-state index contributed by atoms with van der Waals surface area (Å²) in [6.45, 7) is 3.10. The van der Waals surface area contributed by atoms with Crippen LogP contribution in [0.4, 0.5) is 0 Å². The van der Waals surface area contributed by atoms with Gasteiger partial charge in [-0.2, -0.15) is 0 Å². The third kappa shape index (κ3) is 9.24. The molecule has 0 heterocycles. The minimum Gasteiger partial charge on any atom is -0.381 e. The first kappa shape index (κ1) is 16.5. The molecule has 1 saturated carbocycles. The van der Waals surface area contributed by atoms with Crippen molar-refractivity contribution in [1.29, 1.82) is 0 Å². The number of ether oxygens (including phenoxy) is 1. The van der Waals surface area contributed by atoms with Crippen molar-refractivity contribution in [3.63, 3.8) is 0 Å². The molecule has 0 spiro atoms. The van der Waals surface area contributed by atoms with Gasteiger partial charge in [0.1, 0.15) is 0 Å². The lowest BCUT2D eigenvalue weighted by Gasteiger charge is -2.09. The maximum atomic E-state index is 5.52. The Balaban J connectivity index is 0.00000256. The van der Waals surface area contributed by atoms with Crippen LogP contribution in [0.25, 0.3) is 0 Å². The Labute approximate surface area is 121 Å². The lowest BCUT2D eigenvalue weighted by Crippen LogP contribution is -2.38. The first-order valence-electron chi connectivity index (χ1n) is 5.82. The fourth-order valence-electron chi connectivity index (χ4n) is 1.27. The molecule has 0 unspecified atom stereocenters. The minimum absolute atomic E-state index is 0. The number of hydrogen-bond donors (Lipinski definition) is 2. The van der Waals surface area contributed by atoms with Crippen molar-refractivity contribution in [2.24, 2.45) is 10.9 Å². The summed E-state index contributed by atoms with van der Waals surface area (Å²) in [5.74, 6) is 4.10. The zero-order valence-corrected chi connectivity index (χ0v) is 12.7. The van der Waals surface area contributed by atoms with E-state index in [4.69, 9.17) is 11.2 Å². The third-order valence-electron chi connectivity index (χ3n) is 2.39. The minimum atomic E-state index is 0. The Morgan fingerprint density at radius 2 is 2.24 bits per heavy atom. The molecule has 4 nitrogen and oxygen atoms in total. The first-order chi connectivity index (χ1) is 7.86. The predicted octanol–water partition coefficient (Wildman–Crippen LogP) is 1.22. The molecule has 0 aromatic rings. The van der Waals surface area contributed by atoms with Crippen molar-refractivity contribution in [2.75, 3.05) is 33.4 Å². The molecular formula is C12H22IN3O. The Morgan fingerprint density at radius 1 is 1.47 bits per heavy atom. The summed E-state index contributed by atoms with van der Waals surface area (Å²) in [5, 5.41) is 6.17. The highest BCUT2D eigenvalue weighted by Crippen LogP contribution is 2.28. The fraction of sp³-hybridized carbons (Fsp3) is 0.750. The number of rotatable bonds is 7. The van der Waals surface area contributed by atoms with E-state index in [9.17, 15) is 0 Å². The quantitative estimate of drug-likeness (QED) is 0.238. The Bertz CT molecular complexity index is 259.